The maximum Gasteiger partial charge on any atom is 0.253 e. The molecule has 0 radical (unpaired) electrons. The number of carbonyl (C=O) groups excluding carboxylic acids is 1. The van der Waals surface area contributed by atoms with Gasteiger partial charge in [0.05, 0.1) is 5.57 Å². The third-order valence-electron chi connectivity index (χ3n) is 4.36. The average Bonchev–Trinajstić information content (AvgIpc) is 3.05. The lowest BCUT2D eigenvalue weighted by Crippen LogP contribution is -2.31. The fourth-order valence-electron chi connectivity index (χ4n) is 3.38. The van der Waals surface area contributed by atoms with Crippen LogP contribution >= 0.6 is 0 Å². The van der Waals surface area contributed by atoms with Gasteiger partial charge in [0.1, 0.15) is 11.9 Å². The summed E-state index contributed by atoms with van der Waals surface area (Å²) in [5.74, 6) is 1.68. The molecule has 0 saturated carbocycles. The van der Waals surface area contributed by atoms with Gasteiger partial charge in [-0.25, -0.2) is 0 Å². The lowest BCUT2D eigenvalue weighted by Gasteiger charge is -2.24. The van der Waals surface area contributed by atoms with Crippen molar-refractivity contribution in [3.8, 4) is 0 Å². The number of fused-ring (bicyclic) bond motifs is 1. The van der Waals surface area contributed by atoms with E-state index in [1.54, 1.807) is 0 Å². The molecule has 0 aromatic rings. The smallest absolute Gasteiger partial charge is 0.253 e. The highest BCUT2D eigenvalue weighted by Gasteiger charge is 2.37. The van der Waals surface area contributed by atoms with Crippen molar-refractivity contribution in [1.82, 2.24) is 4.90 Å². The number of allylic oxidation sites excluding steroid dienone is 1. The fourth-order valence-corrected chi connectivity index (χ4v) is 3.38. The minimum Gasteiger partial charge on any atom is -0.490 e. The molecule has 0 N–H and O–H groups in total. The number of likely N-dealkylation sites (tertiary alicyclic amines) is 1. The van der Waals surface area contributed by atoms with Crippen LogP contribution in [0.1, 0.15) is 38.5 Å². The van der Waals surface area contributed by atoms with Crippen molar-refractivity contribution in [2.75, 3.05) is 13.1 Å². The van der Waals surface area contributed by atoms with Crippen LogP contribution in [0.25, 0.3) is 0 Å². The predicted molar refractivity (Wildman–Crippen MR) is 69.9 cm³/mol. The van der Waals surface area contributed by atoms with E-state index in [2.05, 4.69) is 6.58 Å². The monoisotopic (exact) mass is 247 g/mol. The number of rotatable bonds is 2. The maximum absolute atomic E-state index is 12.5. The van der Waals surface area contributed by atoms with E-state index in [1.807, 2.05) is 11.0 Å². The number of hydrogen-bond donors (Lipinski definition) is 0. The van der Waals surface area contributed by atoms with Gasteiger partial charge >= 0.3 is 0 Å². The van der Waals surface area contributed by atoms with Crippen molar-refractivity contribution >= 4 is 5.91 Å². The molecule has 2 atom stereocenters. The molecule has 1 aliphatic carbocycles. The molecule has 3 rings (SSSR count). The Hall–Kier alpha value is -1.25. The van der Waals surface area contributed by atoms with Crippen molar-refractivity contribution < 1.29 is 9.53 Å². The Bertz CT molecular complexity index is 393. The molecule has 0 aromatic carbocycles. The van der Waals surface area contributed by atoms with Gasteiger partial charge < -0.3 is 9.64 Å². The Morgan fingerprint density at radius 3 is 2.83 bits per heavy atom. The summed E-state index contributed by atoms with van der Waals surface area (Å²) in [4.78, 5) is 14.5. The molecule has 0 unspecified atom stereocenters. The first-order valence-corrected chi connectivity index (χ1v) is 7.11. The number of carbonyl (C=O) groups is 1. The van der Waals surface area contributed by atoms with E-state index in [0.717, 1.165) is 62.9 Å². The van der Waals surface area contributed by atoms with E-state index >= 15 is 0 Å². The second-order valence-electron chi connectivity index (χ2n) is 5.56. The van der Waals surface area contributed by atoms with Crippen LogP contribution in [0.3, 0.4) is 0 Å². The number of hydrogen-bond acceptors (Lipinski definition) is 2. The standard InChI is InChI=1S/C15H21NO2/c1-2-12-10-11-6-5-7-13(14(11)18-12)15(17)16-8-3-4-9-16/h2,11-12H,1,3-10H2/t11-,12+/m1/s1. The van der Waals surface area contributed by atoms with Gasteiger partial charge in [-0.2, -0.15) is 0 Å². The third kappa shape index (κ3) is 1.96. The average molecular weight is 247 g/mol. The zero-order valence-electron chi connectivity index (χ0n) is 10.9. The quantitative estimate of drug-likeness (QED) is 0.702. The first-order chi connectivity index (χ1) is 8.79. The molecule has 0 bridgehead atoms. The van der Waals surface area contributed by atoms with E-state index in [-0.39, 0.29) is 12.0 Å². The van der Waals surface area contributed by atoms with Crippen molar-refractivity contribution in [3.63, 3.8) is 0 Å². The van der Waals surface area contributed by atoms with Crippen LogP contribution in [-0.4, -0.2) is 30.0 Å². The molecule has 3 heteroatoms. The molecule has 18 heavy (non-hydrogen) atoms. The van der Waals surface area contributed by atoms with Crippen LogP contribution < -0.4 is 0 Å². The van der Waals surface area contributed by atoms with Gasteiger partial charge in [-0.1, -0.05) is 12.7 Å². The van der Waals surface area contributed by atoms with Gasteiger partial charge in [-0.15, -0.1) is 0 Å². The summed E-state index contributed by atoms with van der Waals surface area (Å²) in [7, 11) is 0. The van der Waals surface area contributed by atoms with Crippen LogP contribution in [0.15, 0.2) is 24.0 Å². The lowest BCUT2D eigenvalue weighted by atomic mass is 9.86. The minimum atomic E-state index is 0.115. The maximum atomic E-state index is 12.5. The molecular formula is C15H21NO2. The molecule has 2 saturated heterocycles. The Balaban J connectivity index is 1.84. The van der Waals surface area contributed by atoms with Crippen molar-refractivity contribution in [3.05, 3.63) is 24.0 Å². The van der Waals surface area contributed by atoms with Gasteiger partial charge in [0.15, 0.2) is 0 Å². The molecular weight excluding hydrogens is 226 g/mol. The summed E-state index contributed by atoms with van der Waals surface area (Å²) in [6.07, 6.45) is 8.46. The third-order valence-corrected chi connectivity index (χ3v) is 4.36. The number of amides is 1. The molecule has 2 heterocycles. The Morgan fingerprint density at radius 2 is 2.11 bits per heavy atom. The van der Waals surface area contributed by atoms with Gasteiger partial charge in [0.2, 0.25) is 0 Å². The summed E-state index contributed by atoms with van der Waals surface area (Å²) >= 11 is 0. The molecule has 2 aliphatic heterocycles. The predicted octanol–water partition coefficient (Wildman–Crippen LogP) is 2.64. The van der Waals surface area contributed by atoms with E-state index in [0.29, 0.717) is 5.92 Å². The second-order valence-corrected chi connectivity index (χ2v) is 5.56. The topological polar surface area (TPSA) is 29.5 Å². The summed E-state index contributed by atoms with van der Waals surface area (Å²) < 4.78 is 5.92. The summed E-state index contributed by atoms with van der Waals surface area (Å²) in [5.41, 5.74) is 0.956. The first-order valence-electron chi connectivity index (χ1n) is 7.11. The normalized spacial score (nSPS) is 31.2. The lowest BCUT2D eigenvalue weighted by molar-refractivity contribution is -0.126. The van der Waals surface area contributed by atoms with E-state index in [9.17, 15) is 4.79 Å². The summed E-state index contributed by atoms with van der Waals surface area (Å²) in [6, 6.07) is 0. The number of nitrogens with zero attached hydrogens (tertiary/aromatic N) is 1. The Morgan fingerprint density at radius 1 is 1.33 bits per heavy atom. The summed E-state index contributed by atoms with van der Waals surface area (Å²) in [5, 5.41) is 0. The van der Waals surface area contributed by atoms with E-state index in [1.165, 1.54) is 0 Å². The fraction of sp³-hybridized carbons (Fsp3) is 0.667. The molecule has 2 fully saturated rings. The highest BCUT2D eigenvalue weighted by molar-refractivity contribution is 5.94. The zero-order chi connectivity index (χ0) is 12.5. The molecule has 1 amide bonds. The molecule has 3 aliphatic rings. The second kappa shape index (κ2) is 4.79. The van der Waals surface area contributed by atoms with Crippen molar-refractivity contribution in [2.24, 2.45) is 5.92 Å². The largest absolute Gasteiger partial charge is 0.490 e. The van der Waals surface area contributed by atoms with Crippen LogP contribution in [0.5, 0.6) is 0 Å². The van der Waals surface area contributed by atoms with E-state index < -0.39 is 0 Å². The van der Waals surface area contributed by atoms with E-state index in [4.69, 9.17) is 4.74 Å². The number of ether oxygens (including phenoxy) is 1. The van der Waals surface area contributed by atoms with Crippen molar-refractivity contribution in [2.45, 2.75) is 44.6 Å². The van der Waals surface area contributed by atoms with Crippen LogP contribution in [-0.2, 0) is 9.53 Å². The highest BCUT2D eigenvalue weighted by atomic mass is 16.5. The van der Waals surface area contributed by atoms with Gasteiger partial charge in [0, 0.05) is 19.0 Å². The Kier molecular flexibility index (Phi) is 3.14. The van der Waals surface area contributed by atoms with Crippen LogP contribution in [0, 0.1) is 5.92 Å². The molecule has 3 nitrogen and oxygen atoms in total. The minimum absolute atomic E-state index is 0.115. The Labute approximate surface area is 108 Å². The van der Waals surface area contributed by atoms with Gasteiger partial charge in [-0.3, -0.25) is 4.79 Å². The van der Waals surface area contributed by atoms with Crippen LogP contribution in [0.2, 0.25) is 0 Å². The molecule has 0 aromatic heterocycles. The van der Waals surface area contributed by atoms with Gasteiger partial charge in [-0.05, 0) is 38.5 Å². The zero-order valence-corrected chi connectivity index (χ0v) is 10.9. The summed E-state index contributed by atoms with van der Waals surface area (Å²) in [6.45, 7) is 5.65. The first kappa shape index (κ1) is 11.8. The highest BCUT2D eigenvalue weighted by Crippen LogP contribution is 2.41. The van der Waals surface area contributed by atoms with Gasteiger partial charge in [0.25, 0.3) is 5.91 Å². The SMILES string of the molecule is C=C[C@H]1C[C@H]2CCCC(C(=O)N3CCCC3)=C2O1. The van der Waals surface area contributed by atoms with Crippen LogP contribution in [0.4, 0.5) is 0 Å². The molecule has 98 valence electrons. The molecule has 0 spiro atoms. The van der Waals surface area contributed by atoms with Crippen molar-refractivity contribution in [1.29, 1.82) is 0 Å².